The number of nitrogens with zero attached hydrogens (tertiary/aromatic N) is 2. The fourth-order valence-corrected chi connectivity index (χ4v) is 3.92. The van der Waals surface area contributed by atoms with Crippen molar-refractivity contribution in [1.82, 2.24) is 5.32 Å². The molecule has 0 spiro atoms. The molecule has 0 aromatic heterocycles. The van der Waals surface area contributed by atoms with Crippen LogP contribution in [-0.2, 0) is 21.2 Å². The minimum Gasteiger partial charge on any atom is -0.495 e. The highest BCUT2D eigenvalue weighted by molar-refractivity contribution is 7.92. The molecule has 0 aliphatic heterocycles. The van der Waals surface area contributed by atoms with E-state index in [1.165, 1.54) is 19.2 Å². The molecular formula is C21H27N3O7S. The van der Waals surface area contributed by atoms with Crippen LogP contribution in [0.2, 0.25) is 0 Å². The maximum atomic E-state index is 12.5. The quantitative estimate of drug-likeness (QED) is 0.290. The van der Waals surface area contributed by atoms with Crippen LogP contribution in [0.5, 0.6) is 11.5 Å². The monoisotopic (exact) mass is 465 g/mol. The number of methoxy groups -OCH3 is 1. The Morgan fingerprint density at radius 1 is 1.19 bits per heavy atom. The van der Waals surface area contributed by atoms with Gasteiger partial charge in [-0.3, -0.25) is 19.2 Å². The SMILES string of the molecule is CCOc1ccccc1CCCNC(=O)CN(c1cc([N+](=O)[O-])ccc1OC)S(C)(=O)=O. The first-order valence-electron chi connectivity index (χ1n) is 9.95. The van der Waals surface area contributed by atoms with E-state index in [0.717, 1.165) is 27.9 Å². The van der Waals surface area contributed by atoms with E-state index >= 15 is 0 Å². The second-order valence-electron chi connectivity index (χ2n) is 6.88. The number of carbonyl (C=O) groups is 1. The van der Waals surface area contributed by atoms with Gasteiger partial charge in [-0.15, -0.1) is 0 Å². The van der Waals surface area contributed by atoms with Gasteiger partial charge in [-0.05, 0) is 37.5 Å². The molecule has 0 saturated carbocycles. The average Bonchev–Trinajstić information content (AvgIpc) is 2.75. The molecule has 32 heavy (non-hydrogen) atoms. The summed E-state index contributed by atoms with van der Waals surface area (Å²) in [6.45, 7) is 2.24. The lowest BCUT2D eigenvalue weighted by molar-refractivity contribution is -0.384. The van der Waals surface area contributed by atoms with Gasteiger partial charge in [0.2, 0.25) is 15.9 Å². The Hall–Kier alpha value is -3.34. The topological polar surface area (TPSA) is 128 Å². The molecule has 174 valence electrons. The number of para-hydroxylation sites is 1. The molecule has 0 saturated heterocycles. The summed E-state index contributed by atoms with van der Waals surface area (Å²) in [6, 6.07) is 11.2. The lowest BCUT2D eigenvalue weighted by Gasteiger charge is -2.23. The third-order valence-corrected chi connectivity index (χ3v) is 5.67. The number of ether oxygens (including phenoxy) is 2. The second kappa shape index (κ2) is 11.3. The predicted molar refractivity (Wildman–Crippen MR) is 121 cm³/mol. The summed E-state index contributed by atoms with van der Waals surface area (Å²) in [6.07, 6.45) is 2.21. The maximum Gasteiger partial charge on any atom is 0.271 e. The van der Waals surface area contributed by atoms with Crippen molar-refractivity contribution in [2.24, 2.45) is 0 Å². The van der Waals surface area contributed by atoms with Crippen molar-refractivity contribution in [1.29, 1.82) is 0 Å². The first-order valence-corrected chi connectivity index (χ1v) is 11.8. The summed E-state index contributed by atoms with van der Waals surface area (Å²) < 4.78 is 36.2. The molecule has 0 atom stereocenters. The molecule has 0 fully saturated rings. The molecule has 0 radical (unpaired) electrons. The minimum absolute atomic E-state index is 0.0787. The van der Waals surface area contributed by atoms with Crippen molar-refractivity contribution in [3.8, 4) is 11.5 Å². The lowest BCUT2D eigenvalue weighted by atomic mass is 10.1. The molecule has 10 nitrogen and oxygen atoms in total. The van der Waals surface area contributed by atoms with Gasteiger partial charge in [0, 0.05) is 18.7 Å². The standard InChI is InChI=1S/C21H27N3O7S/c1-4-31-19-10-6-5-8-16(19)9-7-13-22-21(25)15-23(32(3,28)29)18-14-17(24(26)27)11-12-20(18)30-2/h5-6,8,10-12,14H,4,7,9,13,15H2,1-3H3,(H,22,25). The molecule has 0 bridgehead atoms. The molecule has 2 rings (SSSR count). The van der Waals surface area contributed by atoms with Gasteiger partial charge in [0.25, 0.3) is 5.69 Å². The Balaban J connectivity index is 2.06. The maximum absolute atomic E-state index is 12.5. The number of rotatable bonds is 12. The third kappa shape index (κ3) is 6.84. The van der Waals surface area contributed by atoms with Crippen LogP contribution < -0.4 is 19.1 Å². The summed E-state index contributed by atoms with van der Waals surface area (Å²) in [7, 11) is -2.61. The van der Waals surface area contributed by atoms with Crippen molar-refractivity contribution in [3.63, 3.8) is 0 Å². The number of hydrogen-bond donors (Lipinski definition) is 1. The molecule has 0 unspecified atom stereocenters. The summed E-state index contributed by atoms with van der Waals surface area (Å²) in [4.78, 5) is 22.9. The van der Waals surface area contributed by atoms with Crippen molar-refractivity contribution >= 4 is 27.3 Å². The minimum atomic E-state index is -3.92. The Morgan fingerprint density at radius 2 is 1.91 bits per heavy atom. The van der Waals surface area contributed by atoms with Crippen LogP contribution >= 0.6 is 0 Å². The number of nitrogens with one attached hydrogen (secondary N) is 1. The zero-order valence-corrected chi connectivity index (χ0v) is 19.1. The number of nitro benzene ring substituents is 1. The van der Waals surface area contributed by atoms with Gasteiger partial charge >= 0.3 is 0 Å². The van der Waals surface area contributed by atoms with Crippen molar-refractivity contribution < 1.29 is 27.6 Å². The molecule has 1 N–H and O–H groups in total. The molecule has 1 amide bonds. The fraction of sp³-hybridized carbons (Fsp3) is 0.381. The van der Waals surface area contributed by atoms with E-state index in [0.29, 0.717) is 26.0 Å². The molecule has 2 aromatic carbocycles. The van der Waals surface area contributed by atoms with Crippen molar-refractivity contribution in [2.75, 3.05) is 37.4 Å². The third-order valence-electron chi connectivity index (χ3n) is 4.55. The van der Waals surface area contributed by atoms with Gasteiger partial charge in [0.05, 0.1) is 24.9 Å². The van der Waals surface area contributed by atoms with E-state index in [4.69, 9.17) is 9.47 Å². The highest BCUT2D eigenvalue weighted by Crippen LogP contribution is 2.33. The Labute approximate surface area is 187 Å². The molecule has 0 aliphatic rings. The van der Waals surface area contributed by atoms with Crippen LogP contribution in [0.15, 0.2) is 42.5 Å². The van der Waals surface area contributed by atoms with E-state index in [2.05, 4.69) is 5.32 Å². The average molecular weight is 466 g/mol. The van der Waals surface area contributed by atoms with E-state index < -0.39 is 27.4 Å². The van der Waals surface area contributed by atoms with Gasteiger partial charge in [0.15, 0.2) is 0 Å². The number of hydrogen-bond acceptors (Lipinski definition) is 7. The largest absolute Gasteiger partial charge is 0.495 e. The van der Waals surface area contributed by atoms with Gasteiger partial charge < -0.3 is 14.8 Å². The number of anilines is 1. The zero-order chi connectivity index (χ0) is 23.7. The number of benzene rings is 2. The number of amides is 1. The summed E-state index contributed by atoms with van der Waals surface area (Å²) in [5.74, 6) is 0.353. The molecule has 2 aromatic rings. The second-order valence-corrected chi connectivity index (χ2v) is 8.78. The van der Waals surface area contributed by atoms with Crippen LogP contribution in [0.25, 0.3) is 0 Å². The number of non-ortho nitro benzene ring substituents is 1. The van der Waals surface area contributed by atoms with Crippen molar-refractivity contribution in [3.05, 3.63) is 58.1 Å². The summed E-state index contributed by atoms with van der Waals surface area (Å²) in [5, 5.41) is 13.8. The number of aryl methyl sites for hydroxylation is 1. The van der Waals surface area contributed by atoms with Gasteiger partial charge in [0.1, 0.15) is 23.7 Å². The van der Waals surface area contributed by atoms with Crippen LogP contribution in [0.4, 0.5) is 11.4 Å². The van der Waals surface area contributed by atoms with Crippen LogP contribution in [-0.4, -0.2) is 52.3 Å². The summed E-state index contributed by atoms with van der Waals surface area (Å²) in [5.41, 5.74) is 0.621. The normalized spacial score (nSPS) is 11.0. The summed E-state index contributed by atoms with van der Waals surface area (Å²) >= 11 is 0. The lowest BCUT2D eigenvalue weighted by Crippen LogP contribution is -2.40. The van der Waals surface area contributed by atoms with Gasteiger partial charge in [-0.25, -0.2) is 8.42 Å². The van der Waals surface area contributed by atoms with E-state index in [9.17, 15) is 23.3 Å². The predicted octanol–water partition coefficient (Wildman–Crippen LogP) is 2.52. The highest BCUT2D eigenvalue weighted by Gasteiger charge is 2.26. The Morgan fingerprint density at radius 3 is 2.53 bits per heavy atom. The molecule has 11 heteroatoms. The number of sulfonamides is 1. The van der Waals surface area contributed by atoms with Crippen LogP contribution in [0.1, 0.15) is 18.9 Å². The molecule has 0 heterocycles. The first-order chi connectivity index (χ1) is 15.2. The van der Waals surface area contributed by atoms with Gasteiger partial charge in [-0.1, -0.05) is 18.2 Å². The van der Waals surface area contributed by atoms with Gasteiger partial charge in [-0.2, -0.15) is 0 Å². The van der Waals surface area contributed by atoms with E-state index in [1.807, 2.05) is 31.2 Å². The first kappa shape index (κ1) is 24.9. The Bertz CT molecular complexity index is 1060. The smallest absolute Gasteiger partial charge is 0.271 e. The Kier molecular flexibility index (Phi) is 8.82. The van der Waals surface area contributed by atoms with E-state index in [-0.39, 0.29) is 17.1 Å². The number of carbonyl (C=O) groups excluding carboxylic acids is 1. The van der Waals surface area contributed by atoms with Crippen LogP contribution in [0, 0.1) is 10.1 Å². The van der Waals surface area contributed by atoms with E-state index in [1.54, 1.807) is 0 Å². The zero-order valence-electron chi connectivity index (χ0n) is 18.2. The highest BCUT2D eigenvalue weighted by atomic mass is 32.2. The molecular weight excluding hydrogens is 438 g/mol. The fourth-order valence-electron chi connectivity index (χ4n) is 3.07. The number of nitro groups is 1. The van der Waals surface area contributed by atoms with Crippen molar-refractivity contribution in [2.45, 2.75) is 19.8 Å². The molecule has 0 aliphatic carbocycles. The van der Waals surface area contributed by atoms with Crippen LogP contribution in [0.3, 0.4) is 0 Å².